The van der Waals surface area contributed by atoms with E-state index < -0.39 is 17.7 Å². The second kappa shape index (κ2) is 8.68. The Hall–Kier alpha value is -3.30. The smallest absolute Gasteiger partial charge is 0.251 e. The van der Waals surface area contributed by atoms with Gasteiger partial charge in [0.05, 0.1) is 18.8 Å². The molecule has 3 aromatic rings. The third-order valence-corrected chi connectivity index (χ3v) is 5.04. The molecule has 10 heteroatoms. The first-order valence-electron chi connectivity index (χ1n) is 10.2. The summed E-state index contributed by atoms with van der Waals surface area (Å²) in [5, 5.41) is 2.70. The molecule has 1 unspecified atom stereocenters. The zero-order chi connectivity index (χ0) is 22.9. The number of carbonyl (C=O) groups excluding carboxylic acids is 1. The Balaban J connectivity index is 1.40. The second-order valence-corrected chi connectivity index (χ2v) is 7.87. The minimum atomic E-state index is -2.61. The number of alkyl halides is 2. The minimum Gasteiger partial charge on any atom is -0.491 e. The zero-order valence-electron chi connectivity index (χ0n) is 17.5. The molecule has 1 N–H and O–H groups in total. The number of benzene rings is 1. The molecule has 7 nitrogen and oxygen atoms in total. The van der Waals surface area contributed by atoms with Crippen LogP contribution in [0.2, 0.25) is 0 Å². The maximum atomic E-state index is 14.4. The number of pyridine rings is 1. The fourth-order valence-corrected chi connectivity index (χ4v) is 3.26. The van der Waals surface area contributed by atoms with E-state index >= 15 is 0 Å². The van der Waals surface area contributed by atoms with Crippen LogP contribution in [0.25, 0.3) is 22.6 Å². The van der Waals surface area contributed by atoms with E-state index in [0.29, 0.717) is 22.5 Å². The Labute approximate surface area is 181 Å². The molecule has 0 saturated heterocycles. The third-order valence-electron chi connectivity index (χ3n) is 5.04. The van der Waals surface area contributed by atoms with Gasteiger partial charge in [-0.15, -0.1) is 0 Å². The van der Waals surface area contributed by atoms with Crippen molar-refractivity contribution in [2.45, 2.75) is 38.7 Å². The second-order valence-electron chi connectivity index (χ2n) is 7.87. The van der Waals surface area contributed by atoms with Crippen molar-refractivity contribution in [1.82, 2.24) is 15.3 Å². The van der Waals surface area contributed by atoms with Crippen LogP contribution in [0, 0.1) is 11.7 Å². The molecule has 1 fully saturated rings. The number of rotatable bonds is 9. The van der Waals surface area contributed by atoms with Gasteiger partial charge in [-0.25, -0.2) is 23.1 Å². The Kier molecular flexibility index (Phi) is 5.94. The SMILES string of the molecule is CC(=O)N[C@@H](C)COc1cc2oc(-c3ccc(OCCC4CC4(F)F)c(F)c3)nc2cn1. The van der Waals surface area contributed by atoms with Gasteiger partial charge >= 0.3 is 0 Å². The lowest BCUT2D eigenvalue weighted by Gasteiger charge is -2.12. The highest BCUT2D eigenvalue weighted by molar-refractivity contribution is 5.76. The summed E-state index contributed by atoms with van der Waals surface area (Å²) in [5.74, 6) is -3.61. The van der Waals surface area contributed by atoms with Gasteiger partial charge in [-0.2, -0.15) is 0 Å². The van der Waals surface area contributed by atoms with Crippen LogP contribution in [0.4, 0.5) is 13.2 Å². The molecule has 2 aromatic heterocycles. The monoisotopic (exact) mass is 449 g/mol. The number of carbonyl (C=O) groups is 1. The van der Waals surface area contributed by atoms with Crippen LogP contribution in [0.15, 0.2) is 34.9 Å². The number of halogens is 3. The maximum Gasteiger partial charge on any atom is 0.251 e. The molecule has 1 aliphatic carbocycles. The third kappa shape index (κ3) is 5.12. The van der Waals surface area contributed by atoms with Gasteiger partial charge in [0.25, 0.3) is 5.92 Å². The van der Waals surface area contributed by atoms with Crippen LogP contribution < -0.4 is 14.8 Å². The van der Waals surface area contributed by atoms with Crippen molar-refractivity contribution in [3.05, 3.63) is 36.3 Å². The van der Waals surface area contributed by atoms with Crippen molar-refractivity contribution in [3.63, 3.8) is 0 Å². The number of nitrogens with zero attached hydrogens (tertiary/aromatic N) is 2. The van der Waals surface area contributed by atoms with Gasteiger partial charge in [0.1, 0.15) is 12.1 Å². The van der Waals surface area contributed by atoms with E-state index in [4.69, 9.17) is 13.9 Å². The molecule has 1 amide bonds. The van der Waals surface area contributed by atoms with Crippen LogP contribution in [-0.4, -0.2) is 41.1 Å². The molecule has 170 valence electrons. The highest BCUT2D eigenvalue weighted by Gasteiger charge is 2.56. The molecule has 1 saturated carbocycles. The molecular weight excluding hydrogens is 427 g/mol. The summed E-state index contributed by atoms with van der Waals surface area (Å²) in [5.41, 5.74) is 1.26. The fraction of sp³-hybridized carbons (Fsp3) is 0.409. The van der Waals surface area contributed by atoms with Gasteiger partial charge in [0, 0.05) is 30.9 Å². The van der Waals surface area contributed by atoms with Crippen molar-refractivity contribution in [3.8, 4) is 23.1 Å². The number of nitrogens with one attached hydrogen (secondary N) is 1. The Bertz CT molecular complexity index is 1130. The predicted molar refractivity (Wildman–Crippen MR) is 109 cm³/mol. The first-order valence-corrected chi connectivity index (χ1v) is 10.2. The lowest BCUT2D eigenvalue weighted by atomic mass is 10.2. The van der Waals surface area contributed by atoms with Crippen LogP contribution >= 0.6 is 0 Å². The number of aromatic nitrogens is 2. The highest BCUT2D eigenvalue weighted by Crippen LogP contribution is 2.50. The van der Waals surface area contributed by atoms with E-state index in [1.807, 2.05) is 0 Å². The van der Waals surface area contributed by atoms with Gasteiger partial charge in [0.2, 0.25) is 17.7 Å². The van der Waals surface area contributed by atoms with Crippen molar-refractivity contribution in [1.29, 1.82) is 0 Å². The van der Waals surface area contributed by atoms with E-state index in [2.05, 4.69) is 15.3 Å². The molecule has 1 aromatic carbocycles. The number of fused-ring (bicyclic) bond motifs is 1. The summed E-state index contributed by atoms with van der Waals surface area (Å²) >= 11 is 0. The average Bonchev–Trinajstić information content (AvgIpc) is 3.14. The highest BCUT2D eigenvalue weighted by atomic mass is 19.3. The predicted octanol–water partition coefficient (Wildman–Crippen LogP) is 4.36. The molecule has 32 heavy (non-hydrogen) atoms. The number of amides is 1. The zero-order valence-corrected chi connectivity index (χ0v) is 17.5. The number of ether oxygens (including phenoxy) is 2. The van der Waals surface area contributed by atoms with Gasteiger partial charge in [-0.3, -0.25) is 4.79 Å². The van der Waals surface area contributed by atoms with Gasteiger partial charge in [-0.05, 0) is 31.5 Å². The summed E-state index contributed by atoms with van der Waals surface area (Å²) < 4.78 is 56.8. The Morgan fingerprint density at radius 1 is 1.34 bits per heavy atom. The van der Waals surface area contributed by atoms with Gasteiger partial charge < -0.3 is 19.2 Å². The topological polar surface area (TPSA) is 86.5 Å². The van der Waals surface area contributed by atoms with Gasteiger partial charge in [0.15, 0.2) is 17.1 Å². The van der Waals surface area contributed by atoms with Crippen molar-refractivity contribution in [2.24, 2.45) is 5.92 Å². The molecule has 0 aliphatic heterocycles. The normalized spacial score (nSPS) is 17.7. The van der Waals surface area contributed by atoms with E-state index in [1.54, 1.807) is 19.1 Å². The largest absolute Gasteiger partial charge is 0.491 e. The van der Waals surface area contributed by atoms with E-state index in [-0.39, 0.29) is 49.6 Å². The van der Waals surface area contributed by atoms with E-state index in [9.17, 15) is 18.0 Å². The molecule has 4 rings (SSSR count). The summed E-state index contributed by atoms with van der Waals surface area (Å²) in [6.45, 7) is 3.47. The van der Waals surface area contributed by atoms with Crippen LogP contribution in [-0.2, 0) is 4.79 Å². The van der Waals surface area contributed by atoms with E-state index in [1.165, 1.54) is 25.3 Å². The van der Waals surface area contributed by atoms with Gasteiger partial charge in [-0.1, -0.05) is 0 Å². The summed E-state index contributed by atoms with van der Waals surface area (Å²) in [7, 11) is 0. The minimum absolute atomic E-state index is 0.0144. The van der Waals surface area contributed by atoms with Crippen molar-refractivity contribution in [2.75, 3.05) is 13.2 Å². The maximum absolute atomic E-state index is 14.4. The van der Waals surface area contributed by atoms with Crippen molar-refractivity contribution < 1.29 is 31.9 Å². The summed E-state index contributed by atoms with van der Waals surface area (Å²) in [4.78, 5) is 19.5. The fourth-order valence-electron chi connectivity index (χ4n) is 3.26. The Morgan fingerprint density at radius 2 is 2.12 bits per heavy atom. The lowest BCUT2D eigenvalue weighted by Crippen LogP contribution is -2.35. The standard InChI is InChI=1S/C22H22F3N3O4/c1-12(27-13(2)29)11-31-20-8-19-17(10-26-20)28-21(32-19)14-3-4-18(16(23)7-14)30-6-5-15-9-22(15,24)25/h3-4,7-8,10,12,15H,5-6,9,11H2,1-2H3,(H,27,29)/t12-,15?/m0/s1. The summed E-state index contributed by atoms with van der Waals surface area (Å²) in [6, 6.07) is 5.58. The molecule has 2 atom stereocenters. The Morgan fingerprint density at radius 3 is 2.81 bits per heavy atom. The van der Waals surface area contributed by atoms with E-state index in [0.717, 1.165) is 0 Å². The first kappa shape index (κ1) is 21.9. The number of hydrogen-bond donors (Lipinski definition) is 1. The molecule has 0 bridgehead atoms. The van der Waals surface area contributed by atoms with Crippen LogP contribution in [0.5, 0.6) is 11.6 Å². The molecular formula is C22H22F3N3O4. The summed E-state index contributed by atoms with van der Waals surface area (Å²) in [6.07, 6.45) is 1.52. The lowest BCUT2D eigenvalue weighted by molar-refractivity contribution is -0.119. The number of hydrogen-bond acceptors (Lipinski definition) is 6. The average molecular weight is 449 g/mol. The molecule has 0 radical (unpaired) electrons. The quantitative estimate of drug-likeness (QED) is 0.523. The van der Waals surface area contributed by atoms with Crippen LogP contribution in [0.1, 0.15) is 26.7 Å². The molecule has 2 heterocycles. The van der Waals surface area contributed by atoms with Crippen molar-refractivity contribution >= 4 is 17.0 Å². The molecule has 0 spiro atoms. The van der Waals surface area contributed by atoms with Crippen LogP contribution in [0.3, 0.4) is 0 Å². The first-order chi connectivity index (χ1) is 15.2. The molecule has 1 aliphatic rings. The number of oxazole rings is 1.